The third-order valence-corrected chi connectivity index (χ3v) is 4.87. The molecule has 0 spiro atoms. The van der Waals surface area contributed by atoms with Crippen molar-refractivity contribution in [3.8, 4) is 0 Å². The number of benzene rings is 1. The van der Waals surface area contributed by atoms with Gasteiger partial charge in [0.1, 0.15) is 11.7 Å². The lowest BCUT2D eigenvalue weighted by atomic mass is 9.74. The lowest BCUT2D eigenvalue weighted by Gasteiger charge is -2.29. The van der Waals surface area contributed by atoms with E-state index in [4.69, 9.17) is 9.15 Å². The van der Waals surface area contributed by atoms with Crippen LogP contribution in [0.15, 0.2) is 53.2 Å². The zero-order valence-corrected chi connectivity index (χ0v) is 15.4. The lowest BCUT2D eigenvalue weighted by molar-refractivity contribution is -0.151. The molecular formula is C22H24O4. The molecule has 0 radical (unpaired) electrons. The van der Waals surface area contributed by atoms with E-state index in [2.05, 4.69) is 26.0 Å². The first-order chi connectivity index (χ1) is 12.5. The second-order valence-corrected chi connectivity index (χ2v) is 6.91. The zero-order valence-electron chi connectivity index (χ0n) is 15.4. The smallest absolute Gasteiger partial charge is 0.317 e. The van der Waals surface area contributed by atoms with Crippen molar-refractivity contribution in [3.63, 3.8) is 0 Å². The lowest BCUT2D eigenvalue weighted by Crippen LogP contribution is -2.34. The molecule has 1 heterocycles. The molecule has 4 heteroatoms. The molecule has 3 rings (SSSR count). The van der Waals surface area contributed by atoms with Crippen molar-refractivity contribution in [1.29, 1.82) is 0 Å². The molecule has 2 aromatic rings. The van der Waals surface area contributed by atoms with Crippen LogP contribution in [0.5, 0.6) is 0 Å². The summed E-state index contributed by atoms with van der Waals surface area (Å²) in [5, 5.41) is 0. The maximum absolute atomic E-state index is 12.8. The maximum Gasteiger partial charge on any atom is 0.317 e. The van der Waals surface area contributed by atoms with Crippen LogP contribution in [0.3, 0.4) is 0 Å². The normalized spacial score (nSPS) is 20.2. The quantitative estimate of drug-likeness (QED) is 0.577. The second kappa shape index (κ2) is 7.73. The van der Waals surface area contributed by atoms with Crippen LogP contribution < -0.4 is 0 Å². The van der Waals surface area contributed by atoms with E-state index in [9.17, 15) is 9.59 Å². The minimum atomic E-state index is -0.807. The highest BCUT2D eigenvalue weighted by Crippen LogP contribution is 2.40. The fourth-order valence-corrected chi connectivity index (χ4v) is 3.46. The minimum absolute atomic E-state index is 0.223. The predicted molar refractivity (Wildman–Crippen MR) is 99.7 cm³/mol. The van der Waals surface area contributed by atoms with Gasteiger partial charge in [-0.3, -0.25) is 9.59 Å². The molecule has 1 aromatic carbocycles. The largest absolute Gasteiger partial charge is 0.465 e. The van der Waals surface area contributed by atoms with Crippen molar-refractivity contribution in [1.82, 2.24) is 0 Å². The number of ether oxygens (including phenoxy) is 1. The maximum atomic E-state index is 12.8. The average Bonchev–Trinajstić information content (AvgIpc) is 3.16. The first kappa shape index (κ1) is 18.2. The van der Waals surface area contributed by atoms with Gasteiger partial charge in [-0.25, -0.2) is 0 Å². The molecule has 0 unspecified atom stereocenters. The number of furan rings is 1. The Balaban J connectivity index is 1.98. The van der Waals surface area contributed by atoms with Gasteiger partial charge in [-0.2, -0.15) is 0 Å². The number of carbonyl (C=O) groups is 2. The van der Waals surface area contributed by atoms with Gasteiger partial charge < -0.3 is 9.15 Å². The van der Waals surface area contributed by atoms with Crippen LogP contribution in [0, 0.1) is 5.92 Å². The fourth-order valence-electron chi connectivity index (χ4n) is 3.46. The molecule has 0 fully saturated rings. The number of esters is 1. The van der Waals surface area contributed by atoms with Crippen LogP contribution in [-0.2, 0) is 14.3 Å². The average molecular weight is 352 g/mol. The Morgan fingerprint density at radius 1 is 1.23 bits per heavy atom. The van der Waals surface area contributed by atoms with Gasteiger partial charge in [-0.05, 0) is 54.2 Å². The highest BCUT2D eigenvalue weighted by molar-refractivity contribution is 6.10. The molecule has 0 saturated carbocycles. The second-order valence-electron chi connectivity index (χ2n) is 6.91. The van der Waals surface area contributed by atoms with Crippen molar-refractivity contribution in [2.45, 2.75) is 39.0 Å². The third kappa shape index (κ3) is 3.64. The molecule has 0 aliphatic heterocycles. The summed E-state index contributed by atoms with van der Waals surface area (Å²) in [5.74, 6) is -0.642. The fraction of sp³-hybridized carbons (Fsp3) is 0.364. The van der Waals surface area contributed by atoms with Crippen LogP contribution >= 0.6 is 0 Å². The number of hydrogen-bond donors (Lipinski definition) is 0. The predicted octanol–water partition coefficient (Wildman–Crippen LogP) is 4.72. The molecule has 0 N–H and O–H groups in total. The van der Waals surface area contributed by atoms with Crippen LogP contribution in [0.1, 0.15) is 55.9 Å². The van der Waals surface area contributed by atoms with E-state index < -0.39 is 11.9 Å². The van der Waals surface area contributed by atoms with Gasteiger partial charge in [0.15, 0.2) is 5.78 Å². The van der Waals surface area contributed by atoms with E-state index in [-0.39, 0.29) is 18.3 Å². The Morgan fingerprint density at radius 2 is 1.96 bits per heavy atom. The van der Waals surface area contributed by atoms with E-state index in [1.54, 1.807) is 19.3 Å². The van der Waals surface area contributed by atoms with Gasteiger partial charge in [0, 0.05) is 5.92 Å². The summed E-state index contributed by atoms with van der Waals surface area (Å²) >= 11 is 0. The summed E-state index contributed by atoms with van der Waals surface area (Å²) in [6.45, 7) is 6.29. The number of carbonyl (C=O) groups excluding carboxylic acids is 2. The number of hydrogen-bond acceptors (Lipinski definition) is 4. The van der Waals surface area contributed by atoms with Gasteiger partial charge in [0.05, 0.1) is 12.9 Å². The zero-order chi connectivity index (χ0) is 18.7. The summed E-state index contributed by atoms with van der Waals surface area (Å²) in [6, 6.07) is 11.8. The SMILES string of the molecule is CCOC(=O)[C@H]1C(=O)C=C(c2ccco2)C[C@@H]1c1ccc(C(C)C)cc1. The van der Waals surface area contributed by atoms with E-state index >= 15 is 0 Å². The molecule has 26 heavy (non-hydrogen) atoms. The highest BCUT2D eigenvalue weighted by Gasteiger charge is 2.40. The van der Waals surface area contributed by atoms with Crippen molar-refractivity contribution < 1.29 is 18.7 Å². The standard InChI is InChI=1S/C22H24O4/c1-4-25-22(24)21-18(16-9-7-15(8-10-16)14(2)3)12-17(13-19(21)23)20-6-5-11-26-20/h5-11,13-14,18,21H,4,12H2,1-3H3/t18-,21-/m1/s1. The molecule has 4 nitrogen and oxygen atoms in total. The summed E-state index contributed by atoms with van der Waals surface area (Å²) < 4.78 is 10.6. The summed E-state index contributed by atoms with van der Waals surface area (Å²) in [6.07, 6.45) is 3.67. The number of rotatable bonds is 5. The van der Waals surface area contributed by atoms with Crippen LogP contribution in [0.2, 0.25) is 0 Å². The molecule has 1 aromatic heterocycles. The van der Waals surface area contributed by atoms with E-state index in [1.807, 2.05) is 18.2 Å². The third-order valence-electron chi connectivity index (χ3n) is 4.87. The molecule has 2 atom stereocenters. The van der Waals surface area contributed by atoms with Gasteiger partial charge in [0.25, 0.3) is 0 Å². The van der Waals surface area contributed by atoms with E-state index in [0.29, 0.717) is 18.1 Å². The van der Waals surface area contributed by atoms with Crippen molar-refractivity contribution in [2.75, 3.05) is 6.61 Å². The van der Waals surface area contributed by atoms with Crippen LogP contribution in [-0.4, -0.2) is 18.4 Å². The van der Waals surface area contributed by atoms with Gasteiger partial charge in [-0.15, -0.1) is 0 Å². The van der Waals surface area contributed by atoms with Crippen molar-refractivity contribution in [3.05, 3.63) is 65.6 Å². The molecule has 0 bridgehead atoms. The van der Waals surface area contributed by atoms with Crippen molar-refractivity contribution in [2.24, 2.45) is 5.92 Å². The Kier molecular flexibility index (Phi) is 5.40. The molecule has 136 valence electrons. The first-order valence-electron chi connectivity index (χ1n) is 9.06. The van der Waals surface area contributed by atoms with E-state index in [0.717, 1.165) is 11.1 Å². The van der Waals surface area contributed by atoms with Crippen LogP contribution in [0.4, 0.5) is 0 Å². The number of allylic oxidation sites excluding steroid dienone is 2. The van der Waals surface area contributed by atoms with Gasteiger partial charge in [-0.1, -0.05) is 38.1 Å². The van der Waals surface area contributed by atoms with Gasteiger partial charge >= 0.3 is 5.97 Å². The van der Waals surface area contributed by atoms with E-state index in [1.165, 1.54) is 11.6 Å². The minimum Gasteiger partial charge on any atom is -0.465 e. The topological polar surface area (TPSA) is 56.5 Å². The molecule has 0 amide bonds. The summed E-state index contributed by atoms with van der Waals surface area (Å²) in [4.78, 5) is 25.2. The molecule has 1 aliphatic carbocycles. The first-order valence-corrected chi connectivity index (χ1v) is 9.06. The summed E-state index contributed by atoms with van der Waals surface area (Å²) in [5.41, 5.74) is 3.02. The molecular weight excluding hydrogens is 328 g/mol. The highest BCUT2D eigenvalue weighted by atomic mass is 16.5. The van der Waals surface area contributed by atoms with Crippen LogP contribution in [0.25, 0.3) is 5.57 Å². The Labute approximate surface area is 153 Å². The Morgan fingerprint density at radius 3 is 2.54 bits per heavy atom. The monoisotopic (exact) mass is 352 g/mol. The Hall–Kier alpha value is -2.62. The van der Waals surface area contributed by atoms with Crippen molar-refractivity contribution >= 4 is 17.3 Å². The molecule has 0 saturated heterocycles. The summed E-state index contributed by atoms with van der Waals surface area (Å²) in [7, 11) is 0. The Bertz CT molecular complexity index is 797. The van der Waals surface area contributed by atoms with Gasteiger partial charge in [0.2, 0.25) is 0 Å². The number of ketones is 1. The molecule has 1 aliphatic rings.